The molecule has 0 aromatic heterocycles. The lowest BCUT2D eigenvalue weighted by Crippen LogP contribution is -2.49. The Bertz CT molecular complexity index is 436. The zero-order valence-electron chi connectivity index (χ0n) is 12.1. The minimum atomic E-state index is -0.286. The first-order valence-electron chi connectivity index (χ1n) is 6.93. The van der Waals surface area contributed by atoms with Gasteiger partial charge >= 0.3 is 0 Å². The summed E-state index contributed by atoms with van der Waals surface area (Å²) in [7, 11) is 0. The number of rotatable bonds is 8. The number of hydrogen-bond acceptors (Lipinski definition) is 3. The van der Waals surface area contributed by atoms with E-state index in [1.54, 1.807) is 11.8 Å². The van der Waals surface area contributed by atoms with Crippen molar-refractivity contribution in [2.75, 3.05) is 12.3 Å². The molecule has 3 N–H and O–H groups in total. The second-order valence-electron chi connectivity index (χ2n) is 4.88. The van der Waals surface area contributed by atoms with Crippen molar-refractivity contribution in [2.45, 2.75) is 43.5 Å². The Morgan fingerprint density at radius 3 is 2.60 bits per heavy atom. The molecular weight excluding hydrogens is 292 g/mol. The van der Waals surface area contributed by atoms with Gasteiger partial charge in [0.1, 0.15) is 0 Å². The first kappa shape index (κ1) is 17.3. The fourth-order valence-corrected chi connectivity index (χ4v) is 2.87. The molecule has 1 rings (SSSR count). The highest BCUT2D eigenvalue weighted by Crippen LogP contribution is 2.26. The molecule has 1 amide bonds. The molecule has 0 aliphatic carbocycles. The van der Waals surface area contributed by atoms with E-state index in [0.717, 1.165) is 22.8 Å². The molecule has 1 aromatic rings. The van der Waals surface area contributed by atoms with Gasteiger partial charge in [-0.1, -0.05) is 37.6 Å². The summed E-state index contributed by atoms with van der Waals surface area (Å²) in [6.07, 6.45) is 2.19. The number of hydrogen-bond donors (Lipinski definition) is 2. The quantitative estimate of drug-likeness (QED) is 0.723. The van der Waals surface area contributed by atoms with Gasteiger partial charge in [0, 0.05) is 29.2 Å². The van der Waals surface area contributed by atoms with Crippen LogP contribution in [0.3, 0.4) is 0 Å². The van der Waals surface area contributed by atoms with Gasteiger partial charge in [0.25, 0.3) is 0 Å². The fourth-order valence-electron chi connectivity index (χ4n) is 1.68. The van der Waals surface area contributed by atoms with E-state index in [4.69, 9.17) is 17.3 Å². The maximum absolute atomic E-state index is 11.8. The molecule has 5 heteroatoms. The monoisotopic (exact) mass is 314 g/mol. The molecule has 1 aromatic carbocycles. The van der Waals surface area contributed by atoms with E-state index in [1.807, 2.05) is 38.1 Å². The van der Waals surface area contributed by atoms with Crippen LogP contribution < -0.4 is 11.1 Å². The standard InChI is InChI=1S/C15H23ClN2OS/c1-3-15(17,4-2)11-18-14(19)9-10-20-13-8-6-5-7-12(13)16/h5-8H,3-4,9-11,17H2,1-2H3,(H,18,19). The predicted molar refractivity (Wildman–Crippen MR) is 87.3 cm³/mol. The van der Waals surface area contributed by atoms with Crippen LogP contribution >= 0.6 is 23.4 Å². The van der Waals surface area contributed by atoms with Crippen molar-refractivity contribution in [2.24, 2.45) is 5.73 Å². The fraction of sp³-hybridized carbons (Fsp3) is 0.533. The molecule has 3 nitrogen and oxygen atoms in total. The topological polar surface area (TPSA) is 55.1 Å². The molecule has 0 saturated heterocycles. The number of nitrogens with two attached hydrogens (primary N) is 1. The van der Waals surface area contributed by atoms with E-state index in [2.05, 4.69) is 5.32 Å². The van der Waals surface area contributed by atoms with Crippen molar-refractivity contribution < 1.29 is 4.79 Å². The maximum atomic E-state index is 11.8. The Morgan fingerprint density at radius 1 is 1.35 bits per heavy atom. The van der Waals surface area contributed by atoms with Gasteiger partial charge in [-0.2, -0.15) is 0 Å². The molecule has 0 saturated carbocycles. The lowest BCUT2D eigenvalue weighted by molar-refractivity contribution is -0.120. The van der Waals surface area contributed by atoms with Crippen LogP contribution in [-0.4, -0.2) is 23.7 Å². The van der Waals surface area contributed by atoms with Crippen molar-refractivity contribution in [3.05, 3.63) is 29.3 Å². The summed E-state index contributed by atoms with van der Waals surface area (Å²) in [5.74, 6) is 0.757. The van der Waals surface area contributed by atoms with Crippen molar-refractivity contribution in [1.82, 2.24) is 5.32 Å². The van der Waals surface area contributed by atoms with Crippen LogP contribution in [0.15, 0.2) is 29.2 Å². The Balaban J connectivity index is 2.29. The van der Waals surface area contributed by atoms with E-state index >= 15 is 0 Å². The van der Waals surface area contributed by atoms with Crippen molar-refractivity contribution in [3.8, 4) is 0 Å². The largest absolute Gasteiger partial charge is 0.354 e. The number of carbonyl (C=O) groups is 1. The summed E-state index contributed by atoms with van der Waals surface area (Å²) in [5.41, 5.74) is 5.86. The molecule has 0 radical (unpaired) electrons. The third-order valence-corrected chi connectivity index (χ3v) is 4.99. The Kier molecular flexibility index (Phi) is 7.41. The minimum absolute atomic E-state index is 0.0429. The van der Waals surface area contributed by atoms with Gasteiger partial charge in [0.05, 0.1) is 5.02 Å². The third-order valence-electron chi connectivity index (χ3n) is 3.47. The van der Waals surface area contributed by atoms with E-state index in [0.29, 0.717) is 18.7 Å². The molecule has 0 bridgehead atoms. The van der Waals surface area contributed by atoms with E-state index in [9.17, 15) is 4.79 Å². The van der Waals surface area contributed by atoms with Crippen molar-refractivity contribution in [3.63, 3.8) is 0 Å². The predicted octanol–water partition coefficient (Wildman–Crippen LogP) is 3.46. The maximum Gasteiger partial charge on any atom is 0.220 e. The Morgan fingerprint density at radius 2 is 2.00 bits per heavy atom. The molecule has 0 spiro atoms. The molecular formula is C15H23ClN2OS. The summed E-state index contributed by atoms with van der Waals surface area (Å²) in [4.78, 5) is 12.8. The van der Waals surface area contributed by atoms with Crippen molar-refractivity contribution >= 4 is 29.3 Å². The van der Waals surface area contributed by atoms with Crippen LogP contribution in [-0.2, 0) is 4.79 Å². The molecule has 0 atom stereocenters. The summed E-state index contributed by atoms with van der Waals surface area (Å²) < 4.78 is 0. The van der Waals surface area contributed by atoms with Crippen molar-refractivity contribution in [1.29, 1.82) is 0 Å². The number of halogens is 1. The zero-order valence-corrected chi connectivity index (χ0v) is 13.7. The molecule has 0 heterocycles. The Hall–Kier alpha value is -0.710. The SMILES string of the molecule is CCC(N)(CC)CNC(=O)CCSc1ccccc1Cl. The molecule has 0 fully saturated rings. The summed E-state index contributed by atoms with van der Waals surface area (Å²) in [5, 5.41) is 3.65. The van der Waals surface area contributed by atoms with Gasteiger partial charge in [-0.15, -0.1) is 11.8 Å². The number of carbonyl (C=O) groups excluding carboxylic acids is 1. The van der Waals surface area contributed by atoms with E-state index in [1.165, 1.54) is 0 Å². The zero-order chi connectivity index (χ0) is 15.0. The number of amides is 1. The molecule has 112 valence electrons. The highest BCUT2D eigenvalue weighted by Gasteiger charge is 2.20. The van der Waals surface area contributed by atoms with Crippen LogP contribution in [0, 0.1) is 0 Å². The van der Waals surface area contributed by atoms with Crippen LogP contribution in [0.2, 0.25) is 5.02 Å². The third kappa shape index (κ3) is 5.73. The number of thioether (sulfide) groups is 1. The average Bonchev–Trinajstić information content (AvgIpc) is 2.47. The highest BCUT2D eigenvalue weighted by molar-refractivity contribution is 7.99. The van der Waals surface area contributed by atoms with Gasteiger partial charge in [0.15, 0.2) is 0 Å². The van der Waals surface area contributed by atoms with Gasteiger partial charge in [0.2, 0.25) is 5.91 Å². The van der Waals surface area contributed by atoms with Gasteiger partial charge in [-0.3, -0.25) is 4.79 Å². The normalized spacial score (nSPS) is 11.4. The van der Waals surface area contributed by atoms with Gasteiger partial charge in [-0.05, 0) is 25.0 Å². The van der Waals surface area contributed by atoms with Crippen LogP contribution in [0.4, 0.5) is 0 Å². The number of benzene rings is 1. The summed E-state index contributed by atoms with van der Waals surface area (Å²) in [6.45, 7) is 4.63. The first-order valence-corrected chi connectivity index (χ1v) is 8.30. The smallest absolute Gasteiger partial charge is 0.220 e. The Labute approximate surface area is 130 Å². The highest BCUT2D eigenvalue weighted by atomic mass is 35.5. The lowest BCUT2D eigenvalue weighted by atomic mass is 9.94. The second-order valence-corrected chi connectivity index (χ2v) is 6.42. The van der Waals surface area contributed by atoms with E-state index < -0.39 is 0 Å². The summed E-state index contributed by atoms with van der Waals surface area (Å²) in [6, 6.07) is 7.66. The van der Waals surface area contributed by atoms with Gasteiger partial charge < -0.3 is 11.1 Å². The lowest BCUT2D eigenvalue weighted by Gasteiger charge is -2.26. The molecule has 20 heavy (non-hydrogen) atoms. The average molecular weight is 315 g/mol. The summed E-state index contributed by atoms with van der Waals surface area (Å²) >= 11 is 7.66. The van der Waals surface area contributed by atoms with E-state index in [-0.39, 0.29) is 11.4 Å². The van der Waals surface area contributed by atoms with Crippen LogP contribution in [0.5, 0.6) is 0 Å². The minimum Gasteiger partial charge on any atom is -0.354 e. The van der Waals surface area contributed by atoms with Crippen LogP contribution in [0.25, 0.3) is 0 Å². The number of nitrogens with one attached hydrogen (secondary N) is 1. The molecule has 0 aliphatic heterocycles. The molecule has 0 aliphatic rings. The van der Waals surface area contributed by atoms with Crippen LogP contribution in [0.1, 0.15) is 33.1 Å². The molecule has 0 unspecified atom stereocenters. The first-order chi connectivity index (χ1) is 9.50. The van der Waals surface area contributed by atoms with Gasteiger partial charge in [-0.25, -0.2) is 0 Å². The second kappa shape index (κ2) is 8.55.